The number of nitrogens with zero attached hydrogens (tertiary/aromatic N) is 4. The van der Waals surface area contributed by atoms with E-state index in [1.165, 1.54) is 19.4 Å². The van der Waals surface area contributed by atoms with Crippen molar-refractivity contribution in [1.29, 1.82) is 0 Å². The number of carbonyl (C=O) groups is 1. The van der Waals surface area contributed by atoms with E-state index >= 15 is 0 Å². The molecule has 0 atom stereocenters. The third-order valence-corrected chi connectivity index (χ3v) is 3.15. The van der Waals surface area contributed by atoms with Gasteiger partial charge < -0.3 is 14.4 Å². The number of halogens is 3. The van der Waals surface area contributed by atoms with E-state index in [-0.39, 0.29) is 16.7 Å². The van der Waals surface area contributed by atoms with Crippen molar-refractivity contribution >= 4 is 23.5 Å². The highest BCUT2D eigenvalue weighted by molar-refractivity contribution is 7.99. The van der Waals surface area contributed by atoms with Crippen LogP contribution in [0.25, 0.3) is 0 Å². The van der Waals surface area contributed by atoms with Crippen molar-refractivity contribution < 1.29 is 22.5 Å². The van der Waals surface area contributed by atoms with Crippen LogP contribution in [0.1, 0.15) is 5.82 Å². The van der Waals surface area contributed by atoms with Gasteiger partial charge in [-0.25, -0.2) is 0 Å². The summed E-state index contributed by atoms with van der Waals surface area (Å²) in [5.41, 5.74) is 0. The topological polar surface area (TPSA) is 85.8 Å². The predicted molar refractivity (Wildman–Crippen MR) is 61.9 cm³/mol. The smallest absolute Gasteiger partial charge is 0.363 e. The number of aromatic nitrogens is 4. The molecule has 0 radical (unpaired) electrons. The fraction of sp³-hybridized carbons (Fsp3) is 0.333. The van der Waals surface area contributed by atoms with E-state index in [1.54, 1.807) is 0 Å². The van der Waals surface area contributed by atoms with Gasteiger partial charge in [0, 0.05) is 13.1 Å². The van der Waals surface area contributed by atoms with Gasteiger partial charge >= 0.3 is 6.18 Å². The van der Waals surface area contributed by atoms with Crippen LogP contribution in [0.15, 0.2) is 22.0 Å². The van der Waals surface area contributed by atoms with Crippen molar-refractivity contribution in [2.75, 3.05) is 11.1 Å². The number of hydrogen-bond acceptors (Lipinski definition) is 6. The zero-order valence-electron chi connectivity index (χ0n) is 10.0. The average molecular weight is 307 g/mol. The fourth-order valence-electron chi connectivity index (χ4n) is 1.27. The maximum absolute atomic E-state index is 12.5. The minimum absolute atomic E-state index is 0.00683. The highest BCUT2D eigenvalue weighted by Gasteiger charge is 2.37. The van der Waals surface area contributed by atoms with Gasteiger partial charge in [0.15, 0.2) is 11.0 Å². The monoisotopic (exact) mass is 307 g/mol. The van der Waals surface area contributed by atoms with Crippen LogP contribution in [0.5, 0.6) is 0 Å². The first kappa shape index (κ1) is 14.4. The normalized spacial score (nSPS) is 11.6. The van der Waals surface area contributed by atoms with Crippen LogP contribution < -0.4 is 5.32 Å². The molecule has 1 amide bonds. The Kier molecular flexibility index (Phi) is 3.97. The van der Waals surface area contributed by atoms with Crippen molar-refractivity contribution in [2.24, 2.45) is 7.05 Å². The molecule has 0 aliphatic carbocycles. The minimum Gasteiger partial charge on any atom is -0.363 e. The third kappa shape index (κ3) is 3.29. The lowest BCUT2D eigenvalue weighted by atomic mass is 10.6. The number of hydrogen-bond donors (Lipinski definition) is 1. The summed E-state index contributed by atoms with van der Waals surface area (Å²) in [7, 11) is 1.18. The first-order chi connectivity index (χ1) is 9.38. The van der Waals surface area contributed by atoms with Crippen LogP contribution in [-0.2, 0) is 18.0 Å². The highest BCUT2D eigenvalue weighted by Crippen LogP contribution is 2.29. The third-order valence-electron chi connectivity index (χ3n) is 2.13. The molecule has 108 valence electrons. The Labute approximate surface area is 114 Å². The second kappa shape index (κ2) is 5.53. The van der Waals surface area contributed by atoms with Gasteiger partial charge in [0.2, 0.25) is 11.7 Å². The van der Waals surface area contributed by atoms with E-state index in [0.717, 1.165) is 16.3 Å². The van der Waals surface area contributed by atoms with E-state index < -0.39 is 17.9 Å². The number of anilines is 1. The number of carbonyl (C=O) groups excluding carboxylic acids is 1. The van der Waals surface area contributed by atoms with Crippen LogP contribution in [0.3, 0.4) is 0 Å². The summed E-state index contributed by atoms with van der Waals surface area (Å²) in [4.78, 5) is 11.5. The predicted octanol–water partition coefficient (Wildman–Crippen LogP) is 1.55. The molecular formula is C9H8F3N5O2S. The molecule has 0 aliphatic rings. The molecular weight excluding hydrogens is 299 g/mol. The summed E-state index contributed by atoms with van der Waals surface area (Å²) < 4.78 is 42.7. The van der Waals surface area contributed by atoms with Gasteiger partial charge in [-0.1, -0.05) is 16.9 Å². The maximum Gasteiger partial charge on any atom is 0.451 e. The Morgan fingerprint density at radius 2 is 2.25 bits per heavy atom. The Morgan fingerprint density at radius 3 is 2.80 bits per heavy atom. The molecule has 1 N–H and O–H groups in total. The summed E-state index contributed by atoms with van der Waals surface area (Å²) in [5.74, 6) is -1.46. The number of amides is 1. The van der Waals surface area contributed by atoms with Crippen molar-refractivity contribution in [3.05, 3.63) is 18.2 Å². The van der Waals surface area contributed by atoms with Gasteiger partial charge in [-0.2, -0.15) is 13.2 Å². The molecule has 0 saturated heterocycles. The Hall–Kier alpha value is -2.04. The van der Waals surface area contributed by atoms with Crippen molar-refractivity contribution in [3.8, 4) is 0 Å². The molecule has 2 aromatic heterocycles. The summed E-state index contributed by atoms with van der Waals surface area (Å²) in [5, 5.41) is 12.3. The average Bonchev–Trinajstić information content (AvgIpc) is 2.95. The molecule has 11 heteroatoms. The van der Waals surface area contributed by atoms with Gasteiger partial charge in [0.1, 0.15) is 6.26 Å². The molecule has 2 rings (SSSR count). The Bertz CT molecular complexity index is 595. The van der Waals surface area contributed by atoms with E-state index in [4.69, 9.17) is 0 Å². The van der Waals surface area contributed by atoms with Crippen LogP contribution in [-0.4, -0.2) is 31.6 Å². The van der Waals surface area contributed by atoms with Crippen LogP contribution in [0.4, 0.5) is 19.0 Å². The van der Waals surface area contributed by atoms with Gasteiger partial charge in [-0.05, 0) is 0 Å². The molecule has 7 nitrogen and oxygen atoms in total. The molecule has 0 unspecified atom stereocenters. The van der Waals surface area contributed by atoms with Gasteiger partial charge in [0.25, 0.3) is 0 Å². The molecule has 0 saturated carbocycles. The van der Waals surface area contributed by atoms with E-state index in [9.17, 15) is 18.0 Å². The van der Waals surface area contributed by atoms with Crippen molar-refractivity contribution in [3.63, 3.8) is 0 Å². The van der Waals surface area contributed by atoms with E-state index in [0.29, 0.717) is 0 Å². The molecule has 20 heavy (non-hydrogen) atoms. The number of alkyl halides is 3. The summed E-state index contributed by atoms with van der Waals surface area (Å²) in [6.07, 6.45) is -3.30. The lowest BCUT2D eigenvalue weighted by Gasteiger charge is -2.06. The van der Waals surface area contributed by atoms with Crippen LogP contribution >= 0.6 is 11.8 Å². The Balaban J connectivity index is 1.94. The van der Waals surface area contributed by atoms with Crippen LogP contribution in [0, 0.1) is 0 Å². The van der Waals surface area contributed by atoms with E-state index in [1.807, 2.05) is 0 Å². The van der Waals surface area contributed by atoms with Crippen molar-refractivity contribution in [1.82, 2.24) is 19.9 Å². The zero-order valence-corrected chi connectivity index (χ0v) is 10.8. The first-order valence-corrected chi connectivity index (χ1v) is 6.16. The molecule has 2 heterocycles. The number of nitrogens with one attached hydrogen (secondary N) is 1. The molecule has 2 aromatic rings. The summed E-state index contributed by atoms with van der Waals surface area (Å²) >= 11 is 0.833. The second-order valence-electron chi connectivity index (χ2n) is 3.58. The lowest BCUT2D eigenvalue weighted by molar-refractivity contribution is -0.147. The number of thioether (sulfide) groups is 1. The lowest BCUT2D eigenvalue weighted by Crippen LogP contribution is -2.15. The number of rotatable bonds is 4. The molecule has 0 aromatic carbocycles. The van der Waals surface area contributed by atoms with Gasteiger partial charge in [-0.15, -0.1) is 10.2 Å². The standard InChI is InChI=1S/C9H8F3N5O2S/c1-17-7(9(10,11)12)14-15-8(17)20-4-6(18)13-5-2-3-19-16-5/h2-3H,4H2,1H3,(H,13,16,18). The maximum atomic E-state index is 12.5. The van der Waals surface area contributed by atoms with Crippen molar-refractivity contribution in [2.45, 2.75) is 11.3 Å². The highest BCUT2D eigenvalue weighted by atomic mass is 32.2. The summed E-state index contributed by atoms with van der Waals surface area (Å²) in [6, 6.07) is 1.44. The summed E-state index contributed by atoms with van der Waals surface area (Å²) in [6.45, 7) is 0. The molecule has 0 bridgehead atoms. The second-order valence-corrected chi connectivity index (χ2v) is 4.53. The quantitative estimate of drug-likeness (QED) is 0.863. The first-order valence-electron chi connectivity index (χ1n) is 5.17. The fourth-order valence-corrected chi connectivity index (χ4v) is 1.98. The minimum atomic E-state index is -4.58. The molecule has 0 spiro atoms. The van der Waals surface area contributed by atoms with Gasteiger partial charge in [-0.3, -0.25) is 4.79 Å². The Morgan fingerprint density at radius 1 is 1.50 bits per heavy atom. The van der Waals surface area contributed by atoms with E-state index in [2.05, 4.69) is 25.2 Å². The SMILES string of the molecule is Cn1c(SCC(=O)Nc2ccon2)nnc1C(F)(F)F. The largest absolute Gasteiger partial charge is 0.451 e. The zero-order chi connectivity index (χ0) is 14.8. The van der Waals surface area contributed by atoms with Gasteiger partial charge in [0.05, 0.1) is 5.75 Å². The van der Waals surface area contributed by atoms with Crippen LogP contribution in [0.2, 0.25) is 0 Å². The molecule has 0 aliphatic heterocycles. The molecule has 0 fully saturated rings.